The van der Waals surface area contributed by atoms with Crippen LogP contribution in [-0.4, -0.2) is 55.4 Å². The third-order valence-corrected chi connectivity index (χ3v) is 6.34. The zero-order chi connectivity index (χ0) is 26.1. The smallest absolute Gasteiger partial charge is 0.332 e. The van der Waals surface area contributed by atoms with Crippen LogP contribution < -0.4 is 32.1 Å². The lowest BCUT2D eigenvalue weighted by Gasteiger charge is -2.34. The van der Waals surface area contributed by atoms with E-state index in [0.717, 1.165) is 36.1 Å². The van der Waals surface area contributed by atoms with Crippen LogP contribution in [0, 0.1) is 0 Å². The van der Waals surface area contributed by atoms with E-state index in [2.05, 4.69) is 35.8 Å². The summed E-state index contributed by atoms with van der Waals surface area (Å²) in [6, 6.07) is 5.27. The zero-order valence-electron chi connectivity index (χ0n) is 20.5. The SMILES string of the molecule is CC(=O)Cn1c(=O)c2c(n(C)c1=O)N[C@@H]2NCC(=O)Nc1cccc(-c2cnc(N3CCCC3)nc2)n1. The maximum Gasteiger partial charge on any atom is 0.332 e. The van der Waals surface area contributed by atoms with Crippen molar-refractivity contribution in [3.05, 3.63) is 57.0 Å². The third kappa shape index (κ3) is 4.85. The number of rotatable bonds is 8. The molecule has 1 fully saturated rings. The number of amides is 1. The van der Waals surface area contributed by atoms with Gasteiger partial charge in [-0.2, -0.15) is 0 Å². The lowest BCUT2D eigenvalue weighted by atomic mass is 10.1. The van der Waals surface area contributed by atoms with Gasteiger partial charge in [0.1, 0.15) is 23.6 Å². The van der Waals surface area contributed by atoms with Crippen molar-refractivity contribution in [1.29, 1.82) is 0 Å². The Morgan fingerprint density at radius 1 is 1.14 bits per heavy atom. The number of hydrogen-bond donors (Lipinski definition) is 3. The molecule has 13 heteroatoms. The van der Waals surface area contributed by atoms with Crippen LogP contribution in [0.3, 0.4) is 0 Å². The van der Waals surface area contributed by atoms with Crippen molar-refractivity contribution in [3.63, 3.8) is 0 Å². The summed E-state index contributed by atoms with van der Waals surface area (Å²) in [5.74, 6) is 0.755. The van der Waals surface area contributed by atoms with Crippen LogP contribution in [0.5, 0.6) is 0 Å². The van der Waals surface area contributed by atoms with E-state index in [9.17, 15) is 19.2 Å². The molecule has 0 aliphatic carbocycles. The quantitative estimate of drug-likeness (QED) is 0.387. The van der Waals surface area contributed by atoms with Gasteiger partial charge in [-0.1, -0.05) is 6.07 Å². The fourth-order valence-electron chi connectivity index (χ4n) is 4.45. The molecule has 2 aliphatic rings. The number of carbonyl (C=O) groups is 2. The van der Waals surface area contributed by atoms with Gasteiger partial charge in [-0.05, 0) is 31.9 Å². The average molecular weight is 506 g/mol. The molecule has 1 atom stereocenters. The van der Waals surface area contributed by atoms with Crippen molar-refractivity contribution in [2.75, 3.05) is 35.2 Å². The number of hydrogen-bond acceptors (Lipinski definition) is 10. The van der Waals surface area contributed by atoms with Gasteiger partial charge in [0.25, 0.3) is 5.56 Å². The topological polar surface area (TPSA) is 156 Å². The third-order valence-electron chi connectivity index (χ3n) is 6.34. The first kappa shape index (κ1) is 24.3. The second kappa shape index (κ2) is 9.93. The Labute approximate surface area is 211 Å². The molecule has 0 unspecified atom stereocenters. The van der Waals surface area contributed by atoms with Crippen LogP contribution in [0.2, 0.25) is 0 Å². The molecule has 2 aliphatic heterocycles. The van der Waals surface area contributed by atoms with Gasteiger partial charge in [0.2, 0.25) is 11.9 Å². The summed E-state index contributed by atoms with van der Waals surface area (Å²) < 4.78 is 2.17. The normalized spacial score (nSPS) is 16.1. The number of carbonyl (C=O) groups excluding carboxylic acids is 2. The van der Waals surface area contributed by atoms with Crippen molar-refractivity contribution in [1.82, 2.24) is 29.4 Å². The molecule has 0 spiro atoms. The Kier molecular flexibility index (Phi) is 6.53. The molecule has 0 bridgehead atoms. The van der Waals surface area contributed by atoms with Gasteiger partial charge in [0.05, 0.1) is 24.3 Å². The Hall–Kier alpha value is -4.39. The number of nitrogens with zero attached hydrogens (tertiary/aromatic N) is 6. The van der Waals surface area contributed by atoms with Crippen molar-refractivity contribution < 1.29 is 9.59 Å². The molecule has 0 aromatic carbocycles. The molecule has 3 aromatic rings. The van der Waals surface area contributed by atoms with Crippen LogP contribution in [0.1, 0.15) is 31.5 Å². The van der Waals surface area contributed by atoms with E-state index >= 15 is 0 Å². The Morgan fingerprint density at radius 2 is 1.86 bits per heavy atom. The lowest BCUT2D eigenvalue weighted by molar-refractivity contribution is -0.117. The minimum atomic E-state index is -0.635. The Bertz CT molecular complexity index is 1470. The first-order chi connectivity index (χ1) is 17.8. The molecular formula is C24H27N9O4. The molecule has 1 amide bonds. The largest absolute Gasteiger partial charge is 0.351 e. The number of pyridine rings is 1. The van der Waals surface area contributed by atoms with Gasteiger partial charge in [-0.25, -0.2) is 19.7 Å². The van der Waals surface area contributed by atoms with Crippen molar-refractivity contribution in [3.8, 4) is 11.3 Å². The minimum Gasteiger partial charge on any atom is -0.351 e. The molecule has 3 N–H and O–H groups in total. The van der Waals surface area contributed by atoms with E-state index in [1.165, 1.54) is 18.5 Å². The lowest BCUT2D eigenvalue weighted by Crippen LogP contribution is -2.52. The summed E-state index contributed by atoms with van der Waals surface area (Å²) in [7, 11) is 1.51. The van der Waals surface area contributed by atoms with Crippen LogP contribution in [0.25, 0.3) is 11.3 Å². The van der Waals surface area contributed by atoms with Crippen molar-refractivity contribution >= 4 is 29.3 Å². The van der Waals surface area contributed by atoms with Crippen LogP contribution in [-0.2, 0) is 23.2 Å². The van der Waals surface area contributed by atoms with Gasteiger partial charge in [-0.3, -0.25) is 28.8 Å². The average Bonchev–Trinajstić information content (AvgIpc) is 3.40. The fourth-order valence-corrected chi connectivity index (χ4v) is 4.45. The highest BCUT2D eigenvalue weighted by Gasteiger charge is 2.33. The van der Waals surface area contributed by atoms with E-state index < -0.39 is 17.4 Å². The van der Waals surface area contributed by atoms with Crippen LogP contribution in [0.15, 0.2) is 40.2 Å². The second-order valence-electron chi connectivity index (χ2n) is 9.08. The zero-order valence-corrected chi connectivity index (χ0v) is 20.5. The highest BCUT2D eigenvalue weighted by atomic mass is 16.2. The maximum atomic E-state index is 12.8. The summed E-state index contributed by atoms with van der Waals surface area (Å²) in [6.07, 6.45) is 5.10. The number of fused-ring (bicyclic) bond motifs is 1. The molecular weight excluding hydrogens is 478 g/mol. The standard InChI is InChI=1S/C24H27N9O4/c1-14(34)13-33-22(36)19-20(30-21(19)31(2)24(33)37)25-12-18(35)29-17-7-5-6-16(28-17)15-10-26-23(27-11-15)32-8-3-4-9-32/h5-7,10-11,20,25,30H,3-4,8-9,12-13H2,1-2H3,(H,28,29,35)/t20-/m0/s1. The molecule has 3 aromatic heterocycles. The summed E-state index contributed by atoms with van der Waals surface area (Å²) in [5, 5.41) is 8.66. The predicted molar refractivity (Wildman–Crippen MR) is 136 cm³/mol. The van der Waals surface area contributed by atoms with Gasteiger partial charge >= 0.3 is 5.69 Å². The Balaban J connectivity index is 1.22. The molecule has 13 nitrogen and oxygen atoms in total. The van der Waals surface area contributed by atoms with Gasteiger partial charge in [0, 0.05) is 38.1 Å². The molecule has 5 heterocycles. The van der Waals surface area contributed by atoms with Crippen LogP contribution >= 0.6 is 0 Å². The molecule has 1 saturated heterocycles. The van der Waals surface area contributed by atoms with E-state index in [4.69, 9.17) is 0 Å². The molecule has 5 rings (SSSR count). The molecule has 0 saturated carbocycles. The van der Waals surface area contributed by atoms with E-state index in [0.29, 0.717) is 28.8 Å². The van der Waals surface area contributed by atoms with Crippen molar-refractivity contribution in [2.45, 2.75) is 32.5 Å². The molecule has 0 radical (unpaired) electrons. The number of Topliss-reactive ketones (excluding diaryl/α,β-unsaturated/α-hetero) is 1. The fraction of sp³-hybridized carbons (Fsp3) is 0.375. The van der Waals surface area contributed by atoms with Gasteiger partial charge < -0.3 is 15.5 Å². The second-order valence-corrected chi connectivity index (χ2v) is 9.08. The molecule has 37 heavy (non-hydrogen) atoms. The number of nitrogens with one attached hydrogen (secondary N) is 3. The van der Waals surface area contributed by atoms with E-state index in [1.807, 2.05) is 6.07 Å². The number of aromatic nitrogens is 5. The summed E-state index contributed by atoms with van der Waals surface area (Å²) >= 11 is 0. The highest BCUT2D eigenvalue weighted by Crippen LogP contribution is 2.29. The van der Waals surface area contributed by atoms with E-state index in [1.54, 1.807) is 24.5 Å². The molecule has 192 valence electrons. The van der Waals surface area contributed by atoms with Gasteiger partial charge in [-0.15, -0.1) is 0 Å². The first-order valence-corrected chi connectivity index (χ1v) is 12.0. The number of ketones is 1. The Morgan fingerprint density at radius 3 is 2.57 bits per heavy atom. The van der Waals surface area contributed by atoms with Gasteiger partial charge in [0.15, 0.2) is 0 Å². The minimum absolute atomic E-state index is 0.119. The monoisotopic (exact) mass is 505 g/mol. The highest BCUT2D eigenvalue weighted by molar-refractivity contribution is 5.91. The summed E-state index contributed by atoms with van der Waals surface area (Å²) in [6.45, 7) is 2.80. The van der Waals surface area contributed by atoms with Crippen LogP contribution in [0.4, 0.5) is 17.6 Å². The number of anilines is 3. The summed E-state index contributed by atoms with van der Waals surface area (Å²) in [5.41, 5.74) is 0.524. The maximum absolute atomic E-state index is 12.8. The summed E-state index contributed by atoms with van der Waals surface area (Å²) in [4.78, 5) is 64.7. The van der Waals surface area contributed by atoms with E-state index in [-0.39, 0.29) is 24.8 Å². The first-order valence-electron chi connectivity index (χ1n) is 12.0. The van der Waals surface area contributed by atoms with Crippen molar-refractivity contribution in [2.24, 2.45) is 7.05 Å². The predicted octanol–water partition coefficient (Wildman–Crippen LogP) is 0.241.